The summed E-state index contributed by atoms with van der Waals surface area (Å²) in [5.74, 6) is -0.105. The maximum atomic E-state index is 12.8. The highest BCUT2D eigenvalue weighted by Crippen LogP contribution is 2.25. The van der Waals surface area contributed by atoms with Gasteiger partial charge in [-0.3, -0.25) is 4.79 Å². The summed E-state index contributed by atoms with van der Waals surface area (Å²) >= 11 is 0. The molecule has 0 aliphatic carbocycles. The molecule has 3 heterocycles. The zero-order valence-electron chi connectivity index (χ0n) is 18.1. The van der Waals surface area contributed by atoms with Gasteiger partial charge in [-0.1, -0.05) is 18.2 Å². The number of carbonyl (C=O) groups is 2. The van der Waals surface area contributed by atoms with Gasteiger partial charge in [-0.05, 0) is 12.1 Å². The first kappa shape index (κ1) is 22.8. The van der Waals surface area contributed by atoms with Crippen molar-refractivity contribution in [1.82, 2.24) is 15.1 Å². The average molecular weight is 449 g/mol. The number of rotatable bonds is 5. The summed E-state index contributed by atoms with van der Waals surface area (Å²) in [5.41, 5.74) is 1.14. The fraction of sp³-hybridized carbons (Fsp3) is 0.636. The van der Waals surface area contributed by atoms with Crippen molar-refractivity contribution in [3.63, 3.8) is 0 Å². The topological polar surface area (TPSA) is 115 Å². The quantitative estimate of drug-likeness (QED) is 0.543. The summed E-state index contributed by atoms with van der Waals surface area (Å²) < 4.78 is 11.0. The molecule has 3 aliphatic rings. The molecular formula is C22H32N4O6. The zero-order valence-corrected chi connectivity index (χ0v) is 18.1. The predicted octanol–water partition coefficient (Wildman–Crippen LogP) is -0.744. The van der Waals surface area contributed by atoms with Crippen molar-refractivity contribution in [2.45, 2.75) is 30.8 Å². The second kappa shape index (κ2) is 10.5. The van der Waals surface area contributed by atoms with E-state index in [4.69, 9.17) is 9.47 Å². The van der Waals surface area contributed by atoms with Gasteiger partial charge in [-0.25, -0.2) is 4.79 Å². The molecule has 0 bridgehead atoms. The van der Waals surface area contributed by atoms with Crippen LogP contribution in [0.15, 0.2) is 30.3 Å². The summed E-state index contributed by atoms with van der Waals surface area (Å²) in [5, 5.41) is 23.5. The molecule has 3 saturated heterocycles. The molecule has 1 aromatic carbocycles. The summed E-state index contributed by atoms with van der Waals surface area (Å²) in [7, 11) is 0. The van der Waals surface area contributed by atoms with Gasteiger partial charge in [0.15, 0.2) is 0 Å². The largest absolute Gasteiger partial charge is 0.388 e. The Balaban J connectivity index is 1.22. The number of aliphatic hydroxyl groups is 2. The van der Waals surface area contributed by atoms with Crippen LogP contribution in [-0.2, 0) is 14.3 Å². The standard InChI is InChI=1S/C22H32N4O6/c27-19(25-8-6-24(7-9-25)16-4-2-1-3-5-16)14-17-20(28)21(29)18(32-17)15-23-22(30)26-10-12-31-13-11-26/h1-5,17-18,20-21,28-29H,6-15H2,(H,23,30)/t17-,18+,20-,21+/m0/s1. The highest BCUT2D eigenvalue weighted by Gasteiger charge is 2.44. The number of morpholine rings is 1. The molecular weight excluding hydrogens is 416 g/mol. The van der Waals surface area contributed by atoms with Crippen LogP contribution in [0.5, 0.6) is 0 Å². The molecule has 4 rings (SSSR count). The van der Waals surface area contributed by atoms with Crippen LogP contribution < -0.4 is 10.2 Å². The Morgan fingerprint density at radius 2 is 1.56 bits per heavy atom. The highest BCUT2D eigenvalue weighted by atomic mass is 16.5. The molecule has 10 nitrogen and oxygen atoms in total. The molecule has 0 radical (unpaired) electrons. The zero-order chi connectivity index (χ0) is 22.5. The lowest BCUT2D eigenvalue weighted by molar-refractivity contribution is -0.135. The molecule has 176 valence electrons. The van der Waals surface area contributed by atoms with E-state index in [1.54, 1.807) is 9.80 Å². The number of urea groups is 1. The third-order valence-corrected chi connectivity index (χ3v) is 6.34. The minimum absolute atomic E-state index is 0.00251. The Labute approximate surface area is 187 Å². The summed E-state index contributed by atoms with van der Waals surface area (Å²) in [6.07, 6.45) is -3.89. The van der Waals surface area contributed by atoms with E-state index in [9.17, 15) is 19.8 Å². The number of hydrogen-bond donors (Lipinski definition) is 3. The molecule has 0 aromatic heterocycles. The van der Waals surface area contributed by atoms with Crippen molar-refractivity contribution < 1.29 is 29.3 Å². The lowest BCUT2D eigenvalue weighted by atomic mass is 10.0. The molecule has 1 aromatic rings. The monoisotopic (exact) mass is 448 g/mol. The van der Waals surface area contributed by atoms with Crippen LogP contribution in [0.25, 0.3) is 0 Å². The number of nitrogens with zero attached hydrogens (tertiary/aromatic N) is 3. The van der Waals surface area contributed by atoms with Crippen molar-refractivity contribution in [1.29, 1.82) is 0 Å². The van der Waals surface area contributed by atoms with Crippen LogP contribution in [0.3, 0.4) is 0 Å². The molecule has 3 aliphatic heterocycles. The summed E-state index contributed by atoms with van der Waals surface area (Å²) in [4.78, 5) is 30.7. The number of ether oxygens (including phenoxy) is 2. The third-order valence-electron chi connectivity index (χ3n) is 6.34. The van der Waals surface area contributed by atoms with E-state index in [2.05, 4.69) is 22.3 Å². The second-order valence-corrected chi connectivity index (χ2v) is 8.39. The number of carbonyl (C=O) groups excluding carboxylic acids is 2. The molecule has 10 heteroatoms. The predicted molar refractivity (Wildman–Crippen MR) is 116 cm³/mol. The van der Waals surface area contributed by atoms with Crippen molar-refractivity contribution in [2.75, 3.05) is 63.9 Å². The summed E-state index contributed by atoms with van der Waals surface area (Å²) in [6.45, 7) is 4.75. The van der Waals surface area contributed by atoms with Crippen LogP contribution in [0.4, 0.5) is 10.5 Å². The molecule has 0 spiro atoms. The fourth-order valence-corrected chi connectivity index (χ4v) is 4.38. The van der Waals surface area contributed by atoms with Gasteiger partial charge >= 0.3 is 6.03 Å². The SMILES string of the molecule is O=C(C[C@@H]1O[C@H](CNC(=O)N2CCOCC2)[C@@H](O)[C@H]1O)N1CCN(c2ccccc2)CC1. The Kier molecular flexibility index (Phi) is 7.46. The van der Waals surface area contributed by atoms with Gasteiger partial charge in [0.05, 0.1) is 25.7 Å². The van der Waals surface area contributed by atoms with Crippen LogP contribution in [0.2, 0.25) is 0 Å². The van der Waals surface area contributed by atoms with E-state index in [0.29, 0.717) is 39.4 Å². The van der Waals surface area contributed by atoms with Gasteiger partial charge in [0, 0.05) is 51.5 Å². The van der Waals surface area contributed by atoms with Gasteiger partial charge in [-0.2, -0.15) is 0 Å². The first-order valence-corrected chi connectivity index (χ1v) is 11.2. The number of nitrogens with one attached hydrogen (secondary N) is 1. The van der Waals surface area contributed by atoms with Gasteiger partial charge < -0.3 is 39.7 Å². The number of aliphatic hydroxyl groups excluding tert-OH is 2. The van der Waals surface area contributed by atoms with Crippen LogP contribution in [-0.4, -0.2) is 115 Å². The van der Waals surface area contributed by atoms with E-state index in [1.165, 1.54) is 0 Å². The van der Waals surface area contributed by atoms with Crippen molar-refractivity contribution in [3.8, 4) is 0 Å². The first-order valence-electron chi connectivity index (χ1n) is 11.2. The van der Waals surface area contributed by atoms with Gasteiger partial charge in [0.25, 0.3) is 0 Å². The van der Waals surface area contributed by atoms with Crippen LogP contribution >= 0.6 is 0 Å². The molecule has 3 fully saturated rings. The smallest absolute Gasteiger partial charge is 0.317 e. The lowest BCUT2D eigenvalue weighted by Crippen LogP contribution is -2.49. The Morgan fingerprint density at radius 1 is 0.906 bits per heavy atom. The number of amides is 3. The Morgan fingerprint density at radius 3 is 2.25 bits per heavy atom. The molecule has 4 atom stereocenters. The van der Waals surface area contributed by atoms with E-state index in [1.807, 2.05) is 18.2 Å². The van der Waals surface area contributed by atoms with E-state index < -0.39 is 24.4 Å². The van der Waals surface area contributed by atoms with Crippen molar-refractivity contribution in [3.05, 3.63) is 30.3 Å². The minimum atomic E-state index is -1.17. The van der Waals surface area contributed by atoms with Gasteiger partial charge in [0.2, 0.25) is 5.91 Å². The number of para-hydroxylation sites is 1. The van der Waals surface area contributed by atoms with E-state index >= 15 is 0 Å². The van der Waals surface area contributed by atoms with Crippen molar-refractivity contribution in [2.24, 2.45) is 0 Å². The number of benzene rings is 1. The molecule has 0 unspecified atom stereocenters. The van der Waals surface area contributed by atoms with E-state index in [-0.39, 0.29) is 24.9 Å². The molecule has 3 amide bonds. The van der Waals surface area contributed by atoms with Crippen LogP contribution in [0, 0.1) is 0 Å². The molecule has 32 heavy (non-hydrogen) atoms. The van der Waals surface area contributed by atoms with Gasteiger partial charge in [0.1, 0.15) is 18.3 Å². The van der Waals surface area contributed by atoms with Crippen LogP contribution in [0.1, 0.15) is 6.42 Å². The van der Waals surface area contributed by atoms with Gasteiger partial charge in [-0.15, -0.1) is 0 Å². The molecule has 0 saturated carbocycles. The number of piperazine rings is 1. The molecule has 3 N–H and O–H groups in total. The first-order chi connectivity index (χ1) is 15.5. The normalized spacial score (nSPS) is 28.6. The Bertz CT molecular complexity index is 767. The lowest BCUT2D eigenvalue weighted by Gasteiger charge is -2.36. The second-order valence-electron chi connectivity index (χ2n) is 8.39. The van der Waals surface area contributed by atoms with E-state index in [0.717, 1.165) is 18.8 Å². The highest BCUT2D eigenvalue weighted by molar-refractivity contribution is 5.77. The maximum absolute atomic E-state index is 12.8. The minimum Gasteiger partial charge on any atom is -0.388 e. The summed E-state index contributed by atoms with van der Waals surface area (Å²) in [6, 6.07) is 9.83. The third kappa shape index (κ3) is 5.32. The maximum Gasteiger partial charge on any atom is 0.317 e. The number of anilines is 1. The Hall–Kier alpha value is -2.40. The fourth-order valence-electron chi connectivity index (χ4n) is 4.38. The average Bonchev–Trinajstić information content (AvgIpc) is 3.11. The van der Waals surface area contributed by atoms with Crippen molar-refractivity contribution >= 4 is 17.6 Å². The number of hydrogen-bond acceptors (Lipinski definition) is 7.